The van der Waals surface area contributed by atoms with Gasteiger partial charge in [-0.05, 0) is 18.8 Å². The summed E-state index contributed by atoms with van der Waals surface area (Å²) in [5.41, 5.74) is 0.523. The summed E-state index contributed by atoms with van der Waals surface area (Å²) in [4.78, 5) is 29.9. The average Bonchev–Trinajstić information content (AvgIpc) is 3.36. The molecule has 0 saturated carbocycles. The third-order valence-corrected chi connectivity index (χ3v) is 7.18. The van der Waals surface area contributed by atoms with Crippen LogP contribution in [0.1, 0.15) is 136 Å². The van der Waals surface area contributed by atoms with Gasteiger partial charge >= 0.3 is 0 Å². The Labute approximate surface area is 230 Å². The number of ketones is 1. The number of nitrogens with zero attached hydrogens (tertiary/aromatic N) is 2. The number of unbranched alkanes of at least 4 members (excludes halogenated alkanes) is 11. The van der Waals surface area contributed by atoms with Crippen molar-refractivity contribution in [2.24, 2.45) is 11.3 Å². The van der Waals surface area contributed by atoms with Crippen LogP contribution in [0.5, 0.6) is 0 Å². The van der Waals surface area contributed by atoms with Crippen molar-refractivity contribution >= 4 is 11.7 Å². The van der Waals surface area contributed by atoms with E-state index in [1.165, 1.54) is 64.2 Å². The van der Waals surface area contributed by atoms with E-state index in [1.807, 2.05) is 51.1 Å². The van der Waals surface area contributed by atoms with Crippen LogP contribution >= 0.6 is 0 Å². The Morgan fingerprint density at radius 3 is 1.95 bits per heavy atom. The van der Waals surface area contributed by atoms with Crippen molar-refractivity contribution in [2.75, 3.05) is 0 Å². The summed E-state index contributed by atoms with van der Waals surface area (Å²) in [5.74, 6) is 0.484. The number of amides is 1. The highest BCUT2D eigenvalue weighted by atomic mass is 16.5. The molecule has 0 bridgehead atoms. The van der Waals surface area contributed by atoms with Crippen LogP contribution in [0.2, 0.25) is 0 Å². The van der Waals surface area contributed by atoms with Crippen molar-refractivity contribution in [1.29, 1.82) is 0 Å². The summed E-state index contributed by atoms with van der Waals surface area (Å²) >= 11 is 0. The molecule has 2 aromatic rings. The third-order valence-electron chi connectivity index (χ3n) is 7.18. The molecule has 0 unspecified atom stereocenters. The quantitative estimate of drug-likeness (QED) is 0.186. The van der Waals surface area contributed by atoms with E-state index in [0.717, 1.165) is 24.8 Å². The molecule has 1 aromatic heterocycles. The molecule has 0 radical (unpaired) electrons. The Morgan fingerprint density at radius 1 is 0.868 bits per heavy atom. The lowest BCUT2D eigenvalue weighted by molar-refractivity contribution is -0.130. The molecular formula is C32H51N3O3. The minimum absolute atomic E-state index is 0.0422. The van der Waals surface area contributed by atoms with Crippen LogP contribution in [0.3, 0.4) is 0 Å². The number of aromatic nitrogens is 2. The first-order valence-corrected chi connectivity index (χ1v) is 14.9. The molecular weight excluding hydrogens is 474 g/mol. The topological polar surface area (TPSA) is 85.1 Å². The van der Waals surface area contributed by atoms with Crippen LogP contribution in [-0.2, 0) is 9.59 Å². The summed E-state index contributed by atoms with van der Waals surface area (Å²) in [6.45, 7) is 9.93. The summed E-state index contributed by atoms with van der Waals surface area (Å²) in [7, 11) is 0. The van der Waals surface area contributed by atoms with Gasteiger partial charge < -0.3 is 14.6 Å². The van der Waals surface area contributed by atoms with Gasteiger partial charge in [-0.1, -0.05) is 140 Å². The zero-order valence-electron chi connectivity index (χ0n) is 24.6. The highest BCUT2D eigenvalue weighted by Crippen LogP contribution is 2.33. The maximum Gasteiger partial charge on any atom is 0.250 e. The number of benzene rings is 1. The molecule has 212 valence electrons. The van der Waals surface area contributed by atoms with Crippen LogP contribution < -0.4 is 5.32 Å². The van der Waals surface area contributed by atoms with Gasteiger partial charge in [-0.3, -0.25) is 4.79 Å². The number of carbonyl (C=O) groups excluding carboxylic acids is 2. The lowest BCUT2D eigenvalue weighted by Crippen LogP contribution is -2.40. The predicted octanol–water partition coefficient (Wildman–Crippen LogP) is 8.63. The molecule has 2 atom stereocenters. The minimum atomic E-state index is -0.448. The summed E-state index contributed by atoms with van der Waals surface area (Å²) in [6, 6.07) is 9.20. The van der Waals surface area contributed by atoms with Gasteiger partial charge in [0.15, 0.2) is 0 Å². The molecule has 0 saturated heterocycles. The van der Waals surface area contributed by atoms with Gasteiger partial charge in [-0.25, -0.2) is 0 Å². The van der Waals surface area contributed by atoms with Crippen molar-refractivity contribution in [2.45, 2.75) is 131 Å². The highest BCUT2D eigenvalue weighted by molar-refractivity contribution is 5.85. The Balaban J connectivity index is 1.84. The van der Waals surface area contributed by atoms with Crippen molar-refractivity contribution < 1.29 is 14.1 Å². The van der Waals surface area contributed by atoms with Gasteiger partial charge in [0.05, 0.1) is 0 Å². The number of rotatable bonds is 19. The summed E-state index contributed by atoms with van der Waals surface area (Å²) in [5, 5.41) is 7.29. The second-order valence-corrected chi connectivity index (χ2v) is 11.9. The second kappa shape index (κ2) is 17.2. The Bertz CT molecular complexity index is 933. The molecule has 0 fully saturated rings. The van der Waals surface area contributed by atoms with Crippen LogP contribution in [0.4, 0.5) is 0 Å². The Morgan fingerprint density at radius 2 is 1.42 bits per heavy atom. The van der Waals surface area contributed by atoms with Crippen molar-refractivity contribution in [3.8, 4) is 11.4 Å². The molecule has 1 N–H and O–H groups in total. The molecule has 1 aromatic carbocycles. The fourth-order valence-electron chi connectivity index (χ4n) is 4.87. The lowest BCUT2D eigenvalue weighted by atomic mass is 9.85. The van der Waals surface area contributed by atoms with Gasteiger partial charge in [-0.15, -0.1) is 0 Å². The molecule has 0 aliphatic carbocycles. The number of nitrogens with one attached hydrogen (secondary N) is 1. The van der Waals surface area contributed by atoms with E-state index in [9.17, 15) is 9.59 Å². The van der Waals surface area contributed by atoms with E-state index < -0.39 is 6.04 Å². The van der Waals surface area contributed by atoms with Gasteiger partial charge in [0.25, 0.3) is 0 Å². The molecule has 2 rings (SSSR count). The molecule has 6 nitrogen and oxygen atoms in total. The van der Waals surface area contributed by atoms with E-state index in [1.54, 1.807) is 6.92 Å². The average molecular weight is 526 g/mol. The number of Topliss-reactive ketones (excluding diaryl/α,β-unsaturated/α-hetero) is 1. The molecule has 0 aliphatic heterocycles. The van der Waals surface area contributed by atoms with E-state index in [4.69, 9.17) is 4.52 Å². The smallest absolute Gasteiger partial charge is 0.250 e. The SMILES string of the molecule is CCCCCCCCCCCCCC[C@H](CC(C)=O)C(=O)N[C@H](c1nc(-c2ccccc2)no1)C(C)(C)C. The molecule has 1 heterocycles. The van der Waals surface area contributed by atoms with Crippen molar-refractivity contribution in [1.82, 2.24) is 15.5 Å². The first kappa shape index (κ1) is 31.7. The number of carbonyl (C=O) groups is 2. The minimum Gasteiger partial charge on any atom is -0.344 e. The normalized spacial score (nSPS) is 13.3. The third kappa shape index (κ3) is 11.9. The zero-order valence-corrected chi connectivity index (χ0v) is 24.6. The van der Waals surface area contributed by atoms with Gasteiger partial charge in [0, 0.05) is 17.9 Å². The monoisotopic (exact) mass is 525 g/mol. The predicted molar refractivity (Wildman–Crippen MR) is 155 cm³/mol. The lowest BCUT2D eigenvalue weighted by Gasteiger charge is -2.30. The van der Waals surface area contributed by atoms with E-state index in [0.29, 0.717) is 11.7 Å². The maximum absolute atomic E-state index is 13.4. The second-order valence-electron chi connectivity index (χ2n) is 11.9. The summed E-state index contributed by atoms with van der Waals surface area (Å²) < 4.78 is 5.60. The number of hydrogen-bond donors (Lipinski definition) is 1. The first-order valence-electron chi connectivity index (χ1n) is 14.9. The first-order chi connectivity index (χ1) is 18.2. The molecule has 0 aliphatic rings. The van der Waals surface area contributed by atoms with Crippen LogP contribution in [0.25, 0.3) is 11.4 Å². The largest absolute Gasteiger partial charge is 0.344 e. The summed E-state index contributed by atoms with van der Waals surface area (Å²) in [6.07, 6.45) is 16.3. The van der Waals surface area contributed by atoms with Crippen LogP contribution in [0, 0.1) is 11.3 Å². The Hall–Kier alpha value is -2.50. The van der Waals surface area contributed by atoms with Gasteiger partial charge in [0.2, 0.25) is 17.6 Å². The van der Waals surface area contributed by atoms with Gasteiger partial charge in [-0.2, -0.15) is 4.98 Å². The fraction of sp³-hybridized carbons (Fsp3) is 0.688. The van der Waals surface area contributed by atoms with Crippen molar-refractivity contribution in [3.05, 3.63) is 36.2 Å². The van der Waals surface area contributed by atoms with Crippen LogP contribution in [-0.4, -0.2) is 21.8 Å². The molecule has 0 spiro atoms. The zero-order chi connectivity index (χ0) is 27.8. The molecule has 1 amide bonds. The molecule has 38 heavy (non-hydrogen) atoms. The standard InChI is InChI=1S/C32H51N3O3/c1-6-7-8-9-10-11-12-13-14-15-16-18-23-27(24-25(2)36)30(37)33-28(32(3,4)5)31-34-29(35-38-31)26-21-19-17-20-22-26/h17,19-22,27-28H,6-16,18,23-24H2,1-5H3,(H,33,37)/t27-,28-/m1/s1. The highest BCUT2D eigenvalue weighted by Gasteiger charge is 2.34. The van der Waals surface area contributed by atoms with Gasteiger partial charge in [0.1, 0.15) is 11.8 Å². The molecule has 6 heteroatoms. The van der Waals surface area contributed by atoms with E-state index in [-0.39, 0.29) is 29.4 Å². The van der Waals surface area contributed by atoms with Crippen LogP contribution in [0.15, 0.2) is 34.9 Å². The van der Waals surface area contributed by atoms with E-state index in [2.05, 4.69) is 22.4 Å². The Kier molecular flexibility index (Phi) is 14.3. The maximum atomic E-state index is 13.4. The van der Waals surface area contributed by atoms with Crippen molar-refractivity contribution in [3.63, 3.8) is 0 Å². The fourth-order valence-corrected chi connectivity index (χ4v) is 4.87. The number of hydrogen-bond acceptors (Lipinski definition) is 5. The van der Waals surface area contributed by atoms with E-state index >= 15 is 0 Å².